The summed E-state index contributed by atoms with van der Waals surface area (Å²) in [7, 11) is 3.22. The second-order valence-corrected chi connectivity index (χ2v) is 6.72. The lowest BCUT2D eigenvalue weighted by molar-refractivity contribution is 0.405. The molecule has 2 N–H and O–H groups in total. The minimum atomic E-state index is 0.357. The summed E-state index contributed by atoms with van der Waals surface area (Å²) >= 11 is 0. The molecular formula is C21H24N6O2. The zero-order chi connectivity index (χ0) is 20.1. The average molecular weight is 392 g/mol. The predicted molar refractivity (Wildman–Crippen MR) is 114 cm³/mol. The minimum absolute atomic E-state index is 0.357. The molecule has 8 nitrogen and oxygen atoms in total. The van der Waals surface area contributed by atoms with Crippen molar-refractivity contribution < 1.29 is 9.47 Å². The van der Waals surface area contributed by atoms with Gasteiger partial charge in [-0.1, -0.05) is 0 Å². The van der Waals surface area contributed by atoms with Gasteiger partial charge in [-0.05, 0) is 49.2 Å². The molecule has 0 amide bonds. The van der Waals surface area contributed by atoms with Crippen LogP contribution in [0.5, 0.6) is 11.5 Å². The van der Waals surface area contributed by atoms with Crippen molar-refractivity contribution in [3.8, 4) is 11.5 Å². The van der Waals surface area contributed by atoms with Crippen molar-refractivity contribution >= 4 is 28.8 Å². The number of methoxy groups -OCH3 is 2. The van der Waals surface area contributed by atoms with E-state index in [1.54, 1.807) is 20.4 Å². The van der Waals surface area contributed by atoms with Crippen LogP contribution in [0.4, 0.5) is 28.8 Å². The lowest BCUT2D eigenvalue weighted by Gasteiger charge is -2.18. The first-order chi connectivity index (χ1) is 14.2. The van der Waals surface area contributed by atoms with Gasteiger partial charge in [0.25, 0.3) is 0 Å². The summed E-state index contributed by atoms with van der Waals surface area (Å²) in [5.41, 5.74) is 2.89. The highest BCUT2D eigenvalue weighted by atomic mass is 16.5. The summed E-state index contributed by atoms with van der Waals surface area (Å²) in [4.78, 5) is 6.89. The number of rotatable bonds is 7. The van der Waals surface area contributed by atoms with E-state index in [-0.39, 0.29) is 0 Å². The molecule has 0 aliphatic carbocycles. The van der Waals surface area contributed by atoms with E-state index in [9.17, 15) is 0 Å². The van der Waals surface area contributed by atoms with Crippen LogP contribution >= 0.6 is 0 Å². The summed E-state index contributed by atoms with van der Waals surface area (Å²) in [6.45, 7) is 2.26. The molecule has 1 saturated heterocycles. The number of nitrogens with one attached hydrogen (secondary N) is 2. The van der Waals surface area contributed by atoms with Crippen LogP contribution in [0, 0.1) is 0 Å². The molecule has 0 bridgehead atoms. The number of hydrogen-bond acceptors (Lipinski definition) is 8. The van der Waals surface area contributed by atoms with E-state index in [0.717, 1.165) is 18.8 Å². The van der Waals surface area contributed by atoms with Crippen molar-refractivity contribution in [1.82, 2.24) is 15.2 Å². The molecule has 0 atom stereocenters. The average Bonchev–Trinajstić information content (AvgIpc) is 3.29. The number of anilines is 5. The zero-order valence-electron chi connectivity index (χ0n) is 16.6. The molecule has 2 heterocycles. The van der Waals surface area contributed by atoms with Crippen molar-refractivity contribution in [1.29, 1.82) is 0 Å². The molecule has 1 aliphatic rings. The van der Waals surface area contributed by atoms with E-state index in [2.05, 4.69) is 42.8 Å². The Bertz CT molecular complexity index is 958. The summed E-state index contributed by atoms with van der Waals surface area (Å²) in [5, 5.41) is 14.5. The van der Waals surface area contributed by atoms with Gasteiger partial charge in [-0.2, -0.15) is 10.1 Å². The van der Waals surface area contributed by atoms with Gasteiger partial charge in [0.05, 0.1) is 26.1 Å². The maximum Gasteiger partial charge on any atom is 0.249 e. The Kier molecular flexibility index (Phi) is 5.60. The molecular weight excluding hydrogens is 368 g/mol. The van der Waals surface area contributed by atoms with Crippen molar-refractivity contribution in [2.24, 2.45) is 0 Å². The van der Waals surface area contributed by atoms with Crippen molar-refractivity contribution in [2.45, 2.75) is 12.8 Å². The molecule has 1 aromatic heterocycles. The van der Waals surface area contributed by atoms with Crippen LogP contribution in [0.1, 0.15) is 12.8 Å². The van der Waals surface area contributed by atoms with E-state index in [1.165, 1.54) is 18.5 Å². The van der Waals surface area contributed by atoms with E-state index in [0.29, 0.717) is 29.0 Å². The third-order valence-corrected chi connectivity index (χ3v) is 4.82. The summed E-state index contributed by atoms with van der Waals surface area (Å²) < 4.78 is 10.7. The van der Waals surface area contributed by atoms with Crippen molar-refractivity contribution in [2.75, 3.05) is 42.8 Å². The Morgan fingerprint density at radius 1 is 0.931 bits per heavy atom. The first kappa shape index (κ1) is 18.8. The fourth-order valence-electron chi connectivity index (χ4n) is 3.33. The zero-order valence-corrected chi connectivity index (χ0v) is 16.6. The van der Waals surface area contributed by atoms with Gasteiger partial charge in [0.2, 0.25) is 5.95 Å². The van der Waals surface area contributed by atoms with Gasteiger partial charge < -0.3 is 25.0 Å². The van der Waals surface area contributed by atoms with E-state index in [1.807, 2.05) is 30.3 Å². The second kappa shape index (κ2) is 8.64. The topological polar surface area (TPSA) is 84.4 Å². The van der Waals surface area contributed by atoms with Crippen molar-refractivity contribution in [3.63, 3.8) is 0 Å². The molecule has 0 unspecified atom stereocenters. The van der Waals surface area contributed by atoms with Gasteiger partial charge in [0, 0.05) is 30.5 Å². The van der Waals surface area contributed by atoms with Gasteiger partial charge in [0.1, 0.15) is 11.5 Å². The fraction of sp³-hybridized carbons (Fsp3) is 0.286. The number of benzene rings is 2. The predicted octanol–water partition coefficient (Wildman–Crippen LogP) is 3.98. The number of hydrogen-bond donors (Lipinski definition) is 2. The van der Waals surface area contributed by atoms with Crippen LogP contribution < -0.4 is 25.0 Å². The van der Waals surface area contributed by atoms with Gasteiger partial charge in [-0.15, -0.1) is 5.10 Å². The highest BCUT2D eigenvalue weighted by Crippen LogP contribution is 2.31. The van der Waals surface area contributed by atoms with Crippen LogP contribution in [-0.4, -0.2) is 42.5 Å². The molecule has 150 valence electrons. The maximum atomic E-state index is 5.38. The van der Waals surface area contributed by atoms with Crippen LogP contribution in [0.2, 0.25) is 0 Å². The van der Waals surface area contributed by atoms with Crippen molar-refractivity contribution in [3.05, 3.63) is 48.7 Å². The molecule has 0 saturated carbocycles. The van der Waals surface area contributed by atoms with Gasteiger partial charge in [-0.25, -0.2) is 0 Å². The second-order valence-electron chi connectivity index (χ2n) is 6.72. The Hall–Kier alpha value is -3.55. The SMILES string of the molecule is COc1ccc(OC)c(Nc2nncc(Nc3ccc(N4CCCC4)cc3)n2)c1. The largest absolute Gasteiger partial charge is 0.497 e. The Balaban J connectivity index is 1.47. The Morgan fingerprint density at radius 2 is 1.72 bits per heavy atom. The number of aromatic nitrogens is 3. The third-order valence-electron chi connectivity index (χ3n) is 4.82. The van der Waals surface area contributed by atoms with Gasteiger partial charge >= 0.3 is 0 Å². The first-order valence-corrected chi connectivity index (χ1v) is 9.56. The van der Waals surface area contributed by atoms with Gasteiger partial charge in [-0.3, -0.25) is 0 Å². The molecule has 0 radical (unpaired) electrons. The number of ether oxygens (including phenoxy) is 2. The van der Waals surface area contributed by atoms with E-state index < -0.39 is 0 Å². The summed E-state index contributed by atoms with van der Waals surface area (Å²) in [6.07, 6.45) is 4.11. The van der Waals surface area contributed by atoms with Crippen LogP contribution in [0.3, 0.4) is 0 Å². The van der Waals surface area contributed by atoms with Crippen LogP contribution in [-0.2, 0) is 0 Å². The molecule has 2 aromatic carbocycles. The molecule has 3 aromatic rings. The highest BCUT2D eigenvalue weighted by Gasteiger charge is 2.12. The molecule has 29 heavy (non-hydrogen) atoms. The molecule has 8 heteroatoms. The smallest absolute Gasteiger partial charge is 0.249 e. The Labute approximate surface area is 169 Å². The summed E-state index contributed by atoms with van der Waals surface area (Å²) in [6, 6.07) is 13.8. The quantitative estimate of drug-likeness (QED) is 0.625. The first-order valence-electron chi connectivity index (χ1n) is 9.56. The maximum absolute atomic E-state index is 5.38. The van der Waals surface area contributed by atoms with Crippen LogP contribution in [0.15, 0.2) is 48.7 Å². The van der Waals surface area contributed by atoms with E-state index >= 15 is 0 Å². The standard InChI is InChI=1S/C21H24N6O2/c1-28-17-9-10-19(29-2)18(13-17)24-21-25-20(14-22-26-21)23-15-5-7-16(8-6-15)27-11-3-4-12-27/h5-10,13-14H,3-4,11-12H2,1-2H3,(H2,23,24,25,26). The lowest BCUT2D eigenvalue weighted by atomic mass is 10.2. The molecule has 0 spiro atoms. The summed E-state index contributed by atoms with van der Waals surface area (Å²) in [5.74, 6) is 2.31. The van der Waals surface area contributed by atoms with Gasteiger partial charge in [0.15, 0.2) is 5.82 Å². The Morgan fingerprint density at radius 3 is 2.45 bits per heavy atom. The molecule has 1 aliphatic heterocycles. The number of nitrogens with zero attached hydrogens (tertiary/aromatic N) is 4. The minimum Gasteiger partial charge on any atom is -0.497 e. The van der Waals surface area contributed by atoms with Crippen LogP contribution in [0.25, 0.3) is 0 Å². The monoisotopic (exact) mass is 392 g/mol. The normalized spacial score (nSPS) is 13.2. The van der Waals surface area contributed by atoms with E-state index in [4.69, 9.17) is 9.47 Å². The third kappa shape index (κ3) is 4.48. The fourth-order valence-corrected chi connectivity index (χ4v) is 3.33. The molecule has 1 fully saturated rings. The lowest BCUT2D eigenvalue weighted by Crippen LogP contribution is -2.17. The molecule has 4 rings (SSSR count). The highest BCUT2D eigenvalue weighted by molar-refractivity contribution is 5.66.